The molecule has 0 saturated carbocycles. The van der Waals surface area contributed by atoms with E-state index in [0.717, 1.165) is 18.7 Å². The van der Waals surface area contributed by atoms with Crippen LogP contribution in [0.4, 0.5) is 0 Å². The van der Waals surface area contributed by atoms with E-state index in [9.17, 15) is 0 Å². The van der Waals surface area contributed by atoms with E-state index >= 15 is 0 Å². The highest BCUT2D eigenvalue weighted by Gasteiger charge is 2.02. The van der Waals surface area contributed by atoms with Gasteiger partial charge in [0.05, 0.1) is 5.69 Å². The molecule has 1 heterocycles. The minimum absolute atomic E-state index is 1.05. The van der Waals surface area contributed by atoms with Crippen LogP contribution in [0.1, 0.15) is 12.0 Å². The van der Waals surface area contributed by atoms with Crippen molar-refractivity contribution < 1.29 is 0 Å². The summed E-state index contributed by atoms with van der Waals surface area (Å²) in [5, 5.41) is 4.44. The maximum absolute atomic E-state index is 4.44. The van der Waals surface area contributed by atoms with Crippen molar-refractivity contribution in [3.63, 3.8) is 0 Å². The minimum atomic E-state index is 1.05. The molecule has 0 radical (unpaired) electrons. The lowest BCUT2D eigenvalue weighted by atomic mass is 10.0. The largest absolute Gasteiger partial charge is 0.309 e. The standard InChI is InChI=1S/C15H21N3/c1-17(2)10-5-7-13-6-4-8-14(12-13)15-9-11-18(3)16-15/h4,6,8-9,11-12H,5,7,10H2,1-3H3. The van der Waals surface area contributed by atoms with Crippen molar-refractivity contribution in [1.29, 1.82) is 0 Å². The van der Waals surface area contributed by atoms with Gasteiger partial charge in [0.2, 0.25) is 0 Å². The first-order valence-electron chi connectivity index (χ1n) is 6.39. The Bertz CT molecular complexity index is 500. The number of nitrogens with zero attached hydrogens (tertiary/aromatic N) is 3. The van der Waals surface area contributed by atoms with Gasteiger partial charge >= 0.3 is 0 Å². The molecule has 0 bridgehead atoms. The number of aryl methyl sites for hydroxylation is 2. The van der Waals surface area contributed by atoms with Crippen LogP contribution in [-0.4, -0.2) is 35.3 Å². The average molecular weight is 243 g/mol. The van der Waals surface area contributed by atoms with Gasteiger partial charge in [-0.3, -0.25) is 4.68 Å². The number of hydrogen-bond donors (Lipinski definition) is 0. The zero-order chi connectivity index (χ0) is 13.0. The second-order valence-corrected chi connectivity index (χ2v) is 4.98. The van der Waals surface area contributed by atoms with E-state index in [4.69, 9.17) is 0 Å². The van der Waals surface area contributed by atoms with Crippen molar-refractivity contribution in [3.8, 4) is 11.3 Å². The lowest BCUT2D eigenvalue weighted by Crippen LogP contribution is -2.13. The molecule has 1 aromatic carbocycles. The molecule has 2 aromatic rings. The fourth-order valence-corrected chi connectivity index (χ4v) is 2.05. The molecule has 0 fully saturated rings. The lowest BCUT2D eigenvalue weighted by Gasteiger charge is -2.09. The first kappa shape index (κ1) is 12.8. The van der Waals surface area contributed by atoms with Gasteiger partial charge in [-0.05, 0) is 51.2 Å². The molecular formula is C15H21N3. The molecule has 0 saturated heterocycles. The van der Waals surface area contributed by atoms with Gasteiger partial charge in [0.1, 0.15) is 0 Å². The van der Waals surface area contributed by atoms with E-state index < -0.39 is 0 Å². The van der Waals surface area contributed by atoms with Gasteiger partial charge in [-0.2, -0.15) is 5.10 Å². The topological polar surface area (TPSA) is 21.1 Å². The second-order valence-electron chi connectivity index (χ2n) is 4.98. The SMILES string of the molecule is CN(C)CCCc1cccc(-c2ccn(C)n2)c1. The van der Waals surface area contributed by atoms with Crippen LogP contribution in [0.5, 0.6) is 0 Å². The van der Waals surface area contributed by atoms with Crippen LogP contribution in [0.25, 0.3) is 11.3 Å². The summed E-state index contributed by atoms with van der Waals surface area (Å²) in [5.74, 6) is 0. The Labute approximate surface area is 109 Å². The summed E-state index contributed by atoms with van der Waals surface area (Å²) in [6.07, 6.45) is 4.30. The van der Waals surface area contributed by atoms with E-state index in [1.165, 1.54) is 17.5 Å². The number of benzene rings is 1. The Kier molecular flexibility index (Phi) is 4.15. The molecule has 3 heteroatoms. The summed E-state index contributed by atoms with van der Waals surface area (Å²) in [5.41, 5.74) is 3.64. The molecule has 0 N–H and O–H groups in total. The monoisotopic (exact) mass is 243 g/mol. The predicted molar refractivity (Wildman–Crippen MR) is 75.5 cm³/mol. The maximum Gasteiger partial charge on any atom is 0.0923 e. The molecule has 2 rings (SSSR count). The van der Waals surface area contributed by atoms with Gasteiger partial charge in [0, 0.05) is 18.8 Å². The number of hydrogen-bond acceptors (Lipinski definition) is 2. The van der Waals surface area contributed by atoms with Crippen molar-refractivity contribution in [3.05, 3.63) is 42.1 Å². The van der Waals surface area contributed by atoms with Gasteiger partial charge in [0.25, 0.3) is 0 Å². The zero-order valence-electron chi connectivity index (χ0n) is 11.4. The molecule has 0 spiro atoms. The Morgan fingerprint density at radius 2 is 2.06 bits per heavy atom. The summed E-state index contributed by atoms with van der Waals surface area (Å²) in [7, 11) is 6.18. The molecule has 3 nitrogen and oxygen atoms in total. The second kappa shape index (κ2) is 5.83. The van der Waals surface area contributed by atoms with E-state index in [-0.39, 0.29) is 0 Å². The molecule has 0 amide bonds. The zero-order valence-corrected chi connectivity index (χ0v) is 11.4. The van der Waals surface area contributed by atoms with Gasteiger partial charge in [0.15, 0.2) is 0 Å². The van der Waals surface area contributed by atoms with Crippen LogP contribution >= 0.6 is 0 Å². The predicted octanol–water partition coefficient (Wildman–Crippen LogP) is 2.58. The summed E-state index contributed by atoms with van der Waals surface area (Å²) in [6.45, 7) is 1.13. The summed E-state index contributed by atoms with van der Waals surface area (Å²) < 4.78 is 1.84. The van der Waals surface area contributed by atoms with E-state index in [2.05, 4.69) is 54.4 Å². The van der Waals surface area contributed by atoms with Crippen LogP contribution < -0.4 is 0 Å². The number of rotatable bonds is 5. The first-order valence-corrected chi connectivity index (χ1v) is 6.39. The van der Waals surface area contributed by atoms with E-state index in [0.29, 0.717) is 0 Å². The normalized spacial score (nSPS) is 11.1. The molecule has 96 valence electrons. The third-order valence-electron chi connectivity index (χ3n) is 3.01. The molecular weight excluding hydrogens is 222 g/mol. The maximum atomic E-state index is 4.44. The van der Waals surface area contributed by atoms with Crippen molar-refractivity contribution in [2.75, 3.05) is 20.6 Å². The molecule has 0 aliphatic rings. The van der Waals surface area contributed by atoms with E-state index in [1.54, 1.807) is 0 Å². The average Bonchev–Trinajstić information content (AvgIpc) is 2.76. The molecule has 0 unspecified atom stereocenters. The van der Waals surface area contributed by atoms with Gasteiger partial charge < -0.3 is 4.90 Å². The molecule has 1 aromatic heterocycles. The highest BCUT2D eigenvalue weighted by atomic mass is 15.2. The Morgan fingerprint density at radius 3 is 2.72 bits per heavy atom. The number of aromatic nitrogens is 2. The quantitative estimate of drug-likeness (QED) is 0.805. The van der Waals surface area contributed by atoms with Crippen LogP contribution in [0.3, 0.4) is 0 Å². The fraction of sp³-hybridized carbons (Fsp3) is 0.400. The Morgan fingerprint density at radius 1 is 1.22 bits per heavy atom. The van der Waals surface area contributed by atoms with E-state index in [1.807, 2.05) is 17.9 Å². The van der Waals surface area contributed by atoms with Crippen LogP contribution in [0.15, 0.2) is 36.5 Å². The van der Waals surface area contributed by atoms with Crippen molar-refractivity contribution >= 4 is 0 Å². The van der Waals surface area contributed by atoms with Crippen molar-refractivity contribution in [2.24, 2.45) is 7.05 Å². The first-order chi connectivity index (χ1) is 8.65. The summed E-state index contributed by atoms with van der Waals surface area (Å²) >= 11 is 0. The van der Waals surface area contributed by atoms with Gasteiger partial charge in [-0.25, -0.2) is 0 Å². The lowest BCUT2D eigenvalue weighted by molar-refractivity contribution is 0.400. The fourth-order valence-electron chi connectivity index (χ4n) is 2.05. The highest BCUT2D eigenvalue weighted by molar-refractivity contribution is 5.59. The smallest absolute Gasteiger partial charge is 0.0923 e. The molecule has 0 atom stereocenters. The van der Waals surface area contributed by atoms with Crippen LogP contribution in [0, 0.1) is 0 Å². The van der Waals surface area contributed by atoms with Gasteiger partial charge in [-0.1, -0.05) is 18.2 Å². The van der Waals surface area contributed by atoms with Crippen molar-refractivity contribution in [2.45, 2.75) is 12.8 Å². The molecule has 0 aliphatic heterocycles. The van der Waals surface area contributed by atoms with Crippen LogP contribution in [0.2, 0.25) is 0 Å². The summed E-state index contributed by atoms with van der Waals surface area (Å²) in [6, 6.07) is 10.7. The van der Waals surface area contributed by atoms with Crippen LogP contribution in [-0.2, 0) is 13.5 Å². The third kappa shape index (κ3) is 3.44. The third-order valence-corrected chi connectivity index (χ3v) is 3.01. The molecule has 0 aliphatic carbocycles. The Hall–Kier alpha value is -1.61. The molecule has 18 heavy (non-hydrogen) atoms. The summed E-state index contributed by atoms with van der Waals surface area (Å²) in [4.78, 5) is 2.22. The van der Waals surface area contributed by atoms with Gasteiger partial charge in [-0.15, -0.1) is 0 Å². The Balaban J connectivity index is 2.05. The van der Waals surface area contributed by atoms with Crippen molar-refractivity contribution in [1.82, 2.24) is 14.7 Å². The highest BCUT2D eigenvalue weighted by Crippen LogP contribution is 2.18. The minimum Gasteiger partial charge on any atom is -0.309 e.